The van der Waals surface area contributed by atoms with E-state index < -0.39 is 7.49 Å². The van der Waals surface area contributed by atoms with Crippen LogP contribution in [0, 0.1) is 16.7 Å². The van der Waals surface area contributed by atoms with Crippen molar-refractivity contribution in [3.05, 3.63) is 0 Å². The molecule has 1 atom stereocenters. The van der Waals surface area contributed by atoms with Gasteiger partial charge in [-0.15, -0.1) is 0 Å². The van der Waals surface area contributed by atoms with Crippen LogP contribution in [0.15, 0.2) is 0 Å². The van der Waals surface area contributed by atoms with Crippen LogP contribution in [0.3, 0.4) is 0 Å². The molecule has 0 fully saturated rings. The van der Waals surface area contributed by atoms with Gasteiger partial charge in [0, 0.05) is 12.3 Å². The molecule has 0 aromatic rings. The minimum absolute atomic E-state index is 0.0587. The SMILES string of the molecule is CO[P+](C)(C)CCCCC(=O)C(CC(C)(C)C)C(C)(C)C. The van der Waals surface area contributed by atoms with E-state index in [-0.39, 0.29) is 16.7 Å². The van der Waals surface area contributed by atoms with E-state index in [0.717, 1.165) is 31.8 Å². The molecule has 0 spiro atoms. The Morgan fingerprint density at radius 2 is 1.57 bits per heavy atom. The zero-order chi connectivity index (χ0) is 16.9. The fraction of sp³-hybridized carbons (Fsp3) is 0.944. The first-order valence-electron chi connectivity index (χ1n) is 8.20. The lowest BCUT2D eigenvalue weighted by Gasteiger charge is -2.34. The van der Waals surface area contributed by atoms with Gasteiger partial charge < -0.3 is 0 Å². The summed E-state index contributed by atoms with van der Waals surface area (Å²) in [6.07, 6.45) is 4.93. The van der Waals surface area contributed by atoms with Crippen LogP contribution in [0.2, 0.25) is 0 Å². The Bertz CT molecular complexity index is 321. The van der Waals surface area contributed by atoms with Gasteiger partial charge in [-0.05, 0) is 30.1 Å². The van der Waals surface area contributed by atoms with Crippen LogP contribution in [0.1, 0.15) is 67.2 Å². The van der Waals surface area contributed by atoms with E-state index >= 15 is 0 Å². The molecule has 0 saturated heterocycles. The first-order chi connectivity index (χ1) is 9.28. The average molecular weight is 317 g/mol. The first kappa shape index (κ1) is 21.1. The van der Waals surface area contributed by atoms with E-state index in [1.807, 2.05) is 0 Å². The summed E-state index contributed by atoms with van der Waals surface area (Å²) in [5.41, 5.74) is 0.264. The molecule has 1 unspecified atom stereocenters. The number of carbonyl (C=O) groups is 1. The van der Waals surface area contributed by atoms with Crippen molar-refractivity contribution in [2.75, 3.05) is 26.6 Å². The van der Waals surface area contributed by atoms with Gasteiger partial charge in [-0.25, -0.2) is 4.52 Å². The second-order valence-electron chi connectivity index (χ2n) is 9.09. The Labute approximate surface area is 133 Å². The van der Waals surface area contributed by atoms with Crippen molar-refractivity contribution < 1.29 is 9.32 Å². The molecule has 21 heavy (non-hydrogen) atoms. The number of unbranched alkanes of at least 4 members (excludes halogenated alkanes) is 1. The largest absolute Gasteiger partial charge is 0.299 e. The summed E-state index contributed by atoms with van der Waals surface area (Å²) in [5, 5.41) is 0. The van der Waals surface area contributed by atoms with Crippen molar-refractivity contribution in [2.45, 2.75) is 67.2 Å². The smallest absolute Gasteiger partial charge is 0.139 e. The molecule has 0 rings (SSSR count). The third kappa shape index (κ3) is 9.63. The summed E-state index contributed by atoms with van der Waals surface area (Å²) < 4.78 is 5.54. The van der Waals surface area contributed by atoms with Crippen LogP contribution >= 0.6 is 7.49 Å². The highest BCUT2D eigenvalue weighted by Crippen LogP contribution is 2.52. The third-order valence-corrected chi connectivity index (χ3v) is 6.50. The number of Topliss-reactive ketones (excluding diaryl/α,β-unsaturated/α-hetero) is 1. The van der Waals surface area contributed by atoms with Gasteiger partial charge in [-0.2, -0.15) is 0 Å². The summed E-state index contributed by atoms with van der Waals surface area (Å²) >= 11 is 0. The lowest BCUT2D eigenvalue weighted by molar-refractivity contribution is -0.127. The molecular weight excluding hydrogens is 279 g/mol. The second-order valence-corrected chi connectivity index (χ2v) is 13.0. The maximum absolute atomic E-state index is 12.6. The Morgan fingerprint density at radius 1 is 1.05 bits per heavy atom. The monoisotopic (exact) mass is 317 g/mol. The van der Waals surface area contributed by atoms with Gasteiger partial charge in [0.05, 0.1) is 26.6 Å². The minimum Gasteiger partial charge on any atom is -0.299 e. The number of hydrogen-bond donors (Lipinski definition) is 0. The van der Waals surface area contributed by atoms with Gasteiger partial charge in [0.1, 0.15) is 13.3 Å². The van der Waals surface area contributed by atoms with Crippen molar-refractivity contribution in [1.29, 1.82) is 0 Å². The Kier molecular flexibility index (Phi) is 8.09. The standard InChI is InChI=1S/C18H38O2P/c1-17(2,3)14-15(18(4,5)6)16(19)12-10-11-13-21(8,9)20-7/h15H,10-14H2,1-9H3/q+1. The maximum Gasteiger partial charge on any atom is 0.139 e. The van der Waals surface area contributed by atoms with E-state index in [0.29, 0.717) is 5.78 Å². The molecule has 0 amide bonds. The predicted octanol–water partition coefficient (Wildman–Crippen LogP) is 5.66. The predicted molar refractivity (Wildman–Crippen MR) is 96.5 cm³/mol. The Morgan fingerprint density at radius 3 is 1.95 bits per heavy atom. The van der Waals surface area contributed by atoms with Gasteiger partial charge in [-0.1, -0.05) is 41.5 Å². The molecule has 2 nitrogen and oxygen atoms in total. The van der Waals surface area contributed by atoms with E-state index in [1.54, 1.807) is 7.11 Å². The summed E-state index contributed by atoms with van der Waals surface area (Å²) in [5.74, 6) is 0.619. The molecule has 0 heterocycles. The topological polar surface area (TPSA) is 26.3 Å². The number of ketones is 1. The molecule has 3 heteroatoms. The van der Waals surface area contributed by atoms with E-state index in [4.69, 9.17) is 4.52 Å². The van der Waals surface area contributed by atoms with Crippen LogP contribution in [0.25, 0.3) is 0 Å². The van der Waals surface area contributed by atoms with Crippen molar-refractivity contribution in [3.63, 3.8) is 0 Å². The molecule has 0 aromatic carbocycles. The van der Waals surface area contributed by atoms with Crippen molar-refractivity contribution in [3.8, 4) is 0 Å². The first-order valence-corrected chi connectivity index (χ1v) is 11.0. The van der Waals surface area contributed by atoms with Crippen LogP contribution < -0.4 is 0 Å². The molecule has 0 radical (unpaired) electrons. The number of hydrogen-bond acceptors (Lipinski definition) is 2. The zero-order valence-electron chi connectivity index (χ0n) is 15.9. The second kappa shape index (κ2) is 8.06. The van der Waals surface area contributed by atoms with Crippen LogP contribution in [-0.2, 0) is 9.32 Å². The van der Waals surface area contributed by atoms with E-state index in [2.05, 4.69) is 54.9 Å². The fourth-order valence-electron chi connectivity index (χ4n) is 2.57. The van der Waals surface area contributed by atoms with E-state index in [1.165, 1.54) is 0 Å². The highest BCUT2D eigenvalue weighted by Gasteiger charge is 2.34. The molecule has 0 bridgehead atoms. The van der Waals surface area contributed by atoms with Gasteiger partial charge in [0.15, 0.2) is 0 Å². The molecule has 126 valence electrons. The average Bonchev–Trinajstić information content (AvgIpc) is 2.29. The van der Waals surface area contributed by atoms with Gasteiger partial charge >= 0.3 is 0 Å². The summed E-state index contributed by atoms with van der Waals surface area (Å²) in [6.45, 7) is 17.7. The Balaban J connectivity index is 4.44. The molecule has 0 saturated carbocycles. The molecule has 0 aromatic heterocycles. The normalized spacial score (nSPS) is 15.1. The highest BCUT2D eigenvalue weighted by atomic mass is 31.2. The maximum atomic E-state index is 12.6. The van der Waals surface area contributed by atoms with Crippen LogP contribution in [-0.4, -0.2) is 32.4 Å². The van der Waals surface area contributed by atoms with Gasteiger partial charge in [-0.3, -0.25) is 4.79 Å². The summed E-state index contributed by atoms with van der Waals surface area (Å²) in [6, 6.07) is 0. The minimum atomic E-state index is -1.18. The molecular formula is C18H38O2P+. The van der Waals surface area contributed by atoms with Crippen LogP contribution in [0.5, 0.6) is 0 Å². The molecule has 0 aliphatic rings. The fourth-order valence-corrected chi connectivity index (χ4v) is 3.74. The lowest BCUT2D eigenvalue weighted by Crippen LogP contribution is -2.32. The number of rotatable bonds is 8. The third-order valence-electron chi connectivity index (χ3n) is 4.11. The van der Waals surface area contributed by atoms with Crippen molar-refractivity contribution in [1.82, 2.24) is 0 Å². The highest BCUT2D eigenvalue weighted by molar-refractivity contribution is 7.69. The van der Waals surface area contributed by atoms with Gasteiger partial charge in [0.2, 0.25) is 0 Å². The molecule has 0 aliphatic carbocycles. The molecule has 0 N–H and O–H groups in total. The van der Waals surface area contributed by atoms with Crippen molar-refractivity contribution >= 4 is 13.3 Å². The Hall–Kier alpha value is 0.0600. The summed E-state index contributed by atoms with van der Waals surface area (Å²) in [4.78, 5) is 12.6. The van der Waals surface area contributed by atoms with Crippen molar-refractivity contribution in [2.24, 2.45) is 16.7 Å². The molecule has 0 aliphatic heterocycles. The van der Waals surface area contributed by atoms with Crippen LogP contribution in [0.4, 0.5) is 0 Å². The lowest BCUT2D eigenvalue weighted by atomic mass is 9.69. The zero-order valence-corrected chi connectivity index (χ0v) is 16.8. The van der Waals surface area contributed by atoms with E-state index in [9.17, 15) is 4.79 Å². The summed E-state index contributed by atoms with van der Waals surface area (Å²) in [7, 11) is 0.619. The van der Waals surface area contributed by atoms with Gasteiger partial charge in [0.25, 0.3) is 0 Å². The number of carbonyl (C=O) groups excluding carboxylic acids is 1. The quantitative estimate of drug-likeness (QED) is 0.426.